The highest BCUT2D eigenvalue weighted by Gasteiger charge is 2.49. The lowest BCUT2D eigenvalue weighted by molar-refractivity contribution is -0.134. The fraction of sp³-hybridized carbons (Fsp3) is 0.529. The highest BCUT2D eigenvalue weighted by atomic mass is 35.5. The molecule has 0 aromatic heterocycles. The molecule has 0 radical (unpaired) electrons. The molecule has 2 rings (SSSR count). The van der Waals surface area contributed by atoms with Crippen molar-refractivity contribution in [1.82, 2.24) is 4.90 Å². The van der Waals surface area contributed by atoms with Gasteiger partial charge in [0.1, 0.15) is 0 Å². The quantitative estimate of drug-likeness (QED) is 0.834. The topological polar surface area (TPSA) is 49.4 Å². The number of para-hydroxylation sites is 1. The van der Waals surface area contributed by atoms with Crippen molar-refractivity contribution in [3.8, 4) is 0 Å². The Kier molecular flexibility index (Phi) is 5.83. The number of carbonyl (C=O) groups excluding carboxylic acids is 2. The minimum absolute atomic E-state index is 0.112. The number of hydrogen-bond acceptors (Lipinski definition) is 2. The van der Waals surface area contributed by atoms with Gasteiger partial charge in [0, 0.05) is 13.1 Å². The van der Waals surface area contributed by atoms with Gasteiger partial charge in [0.15, 0.2) is 0 Å². The van der Waals surface area contributed by atoms with Crippen molar-refractivity contribution in [2.75, 3.05) is 18.4 Å². The Bertz CT molecular complexity index is 541. The summed E-state index contributed by atoms with van der Waals surface area (Å²) >= 11 is 6.04. The van der Waals surface area contributed by atoms with E-state index in [2.05, 4.69) is 19.2 Å². The standard InChI is InChI=1S/C17H23ClN2O2/c1-3-9-20(10-4-2)17(22)13-11-12(13)16(21)19-15-8-6-5-7-14(15)18/h5-8,12-13H,3-4,9-11H2,1-2H3,(H,19,21). The molecule has 1 aliphatic rings. The summed E-state index contributed by atoms with van der Waals surface area (Å²) in [5.74, 6) is -0.386. The maximum atomic E-state index is 12.4. The van der Waals surface area contributed by atoms with Gasteiger partial charge in [-0.05, 0) is 31.4 Å². The first-order valence-corrected chi connectivity index (χ1v) is 8.30. The second-order valence-corrected chi connectivity index (χ2v) is 6.15. The number of nitrogens with zero attached hydrogens (tertiary/aromatic N) is 1. The molecule has 2 atom stereocenters. The molecule has 4 nitrogen and oxygen atoms in total. The van der Waals surface area contributed by atoms with Gasteiger partial charge < -0.3 is 10.2 Å². The molecule has 2 amide bonds. The lowest BCUT2D eigenvalue weighted by Gasteiger charge is -2.21. The molecule has 0 heterocycles. The summed E-state index contributed by atoms with van der Waals surface area (Å²) in [6.07, 6.45) is 2.52. The Morgan fingerprint density at radius 1 is 1.18 bits per heavy atom. The van der Waals surface area contributed by atoms with Gasteiger partial charge in [-0.3, -0.25) is 9.59 Å². The first kappa shape index (κ1) is 16.8. The number of halogens is 1. The van der Waals surface area contributed by atoms with E-state index in [1.807, 2.05) is 17.0 Å². The van der Waals surface area contributed by atoms with Crippen molar-refractivity contribution < 1.29 is 9.59 Å². The SMILES string of the molecule is CCCN(CCC)C(=O)C1CC1C(=O)Nc1ccccc1Cl. The summed E-state index contributed by atoms with van der Waals surface area (Å²) < 4.78 is 0. The summed E-state index contributed by atoms with van der Waals surface area (Å²) in [5, 5.41) is 3.33. The molecule has 1 aromatic carbocycles. The zero-order valence-electron chi connectivity index (χ0n) is 13.1. The van der Waals surface area contributed by atoms with E-state index in [0.29, 0.717) is 17.1 Å². The van der Waals surface area contributed by atoms with Crippen LogP contribution in [0.15, 0.2) is 24.3 Å². The predicted octanol–water partition coefficient (Wildman–Crippen LogP) is 3.56. The normalized spacial score (nSPS) is 19.6. The Morgan fingerprint density at radius 3 is 2.41 bits per heavy atom. The molecule has 0 spiro atoms. The fourth-order valence-corrected chi connectivity index (χ4v) is 2.84. The molecule has 1 fully saturated rings. The molecule has 0 bridgehead atoms. The Morgan fingerprint density at radius 2 is 1.82 bits per heavy atom. The molecule has 0 saturated heterocycles. The maximum Gasteiger partial charge on any atom is 0.228 e. The molecule has 22 heavy (non-hydrogen) atoms. The second kappa shape index (κ2) is 7.63. The minimum Gasteiger partial charge on any atom is -0.342 e. The third kappa shape index (κ3) is 4.01. The highest BCUT2D eigenvalue weighted by Crippen LogP contribution is 2.41. The van der Waals surface area contributed by atoms with Crippen molar-refractivity contribution in [1.29, 1.82) is 0 Å². The van der Waals surface area contributed by atoms with Gasteiger partial charge in [-0.2, -0.15) is 0 Å². The zero-order valence-corrected chi connectivity index (χ0v) is 13.9. The monoisotopic (exact) mass is 322 g/mol. The molecule has 0 aliphatic heterocycles. The summed E-state index contributed by atoms with van der Waals surface area (Å²) in [6.45, 7) is 5.65. The predicted molar refractivity (Wildman–Crippen MR) is 88.8 cm³/mol. The van der Waals surface area contributed by atoms with Crippen LogP contribution in [0.3, 0.4) is 0 Å². The molecule has 2 unspecified atom stereocenters. The number of anilines is 1. The number of amides is 2. The van der Waals surface area contributed by atoms with Crippen LogP contribution in [0.2, 0.25) is 5.02 Å². The molecular formula is C17H23ClN2O2. The number of benzene rings is 1. The summed E-state index contributed by atoms with van der Waals surface area (Å²) in [7, 11) is 0. The van der Waals surface area contributed by atoms with E-state index in [1.54, 1.807) is 12.1 Å². The molecule has 1 aromatic rings. The Hall–Kier alpha value is -1.55. The first-order valence-electron chi connectivity index (χ1n) is 7.92. The van der Waals surface area contributed by atoms with Gasteiger partial charge in [-0.25, -0.2) is 0 Å². The maximum absolute atomic E-state index is 12.4. The number of hydrogen-bond donors (Lipinski definition) is 1. The van der Waals surface area contributed by atoms with E-state index in [0.717, 1.165) is 25.9 Å². The number of carbonyl (C=O) groups is 2. The van der Waals surface area contributed by atoms with Gasteiger partial charge in [0.05, 0.1) is 22.5 Å². The first-order chi connectivity index (χ1) is 10.6. The van der Waals surface area contributed by atoms with Crippen LogP contribution in [0.1, 0.15) is 33.1 Å². The van der Waals surface area contributed by atoms with E-state index in [-0.39, 0.29) is 23.7 Å². The number of nitrogens with one attached hydrogen (secondary N) is 1. The van der Waals surface area contributed by atoms with Crippen LogP contribution in [0.4, 0.5) is 5.69 Å². The van der Waals surface area contributed by atoms with Crippen LogP contribution in [0.5, 0.6) is 0 Å². The van der Waals surface area contributed by atoms with Crippen molar-refractivity contribution in [2.45, 2.75) is 33.1 Å². The molecule has 5 heteroatoms. The van der Waals surface area contributed by atoms with Crippen LogP contribution in [0, 0.1) is 11.8 Å². The van der Waals surface area contributed by atoms with Crippen molar-refractivity contribution in [2.24, 2.45) is 11.8 Å². The average Bonchev–Trinajstić information content (AvgIpc) is 3.29. The van der Waals surface area contributed by atoms with Crippen LogP contribution in [-0.2, 0) is 9.59 Å². The minimum atomic E-state index is -0.222. The van der Waals surface area contributed by atoms with E-state index < -0.39 is 0 Å². The average molecular weight is 323 g/mol. The number of rotatable bonds is 7. The molecule has 1 saturated carbocycles. The van der Waals surface area contributed by atoms with Gasteiger partial charge >= 0.3 is 0 Å². The Labute approximate surface area is 136 Å². The smallest absolute Gasteiger partial charge is 0.228 e. The van der Waals surface area contributed by atoms with Crippen LogP contribution < -0.4 is 5.32 Å². The summed E-state index contributed by atoms with van der Waals surface area (Å²) in [6, 6.07) is 7.13. The van der Waals surface area contributed by atoms with Gasteiger partial charge in [0.25, 0.3) is 0 Å². The van der Waals surface area contributed by atoms with E-state index in [9.17, 15) is 9.59 Å². The molecule has 1 aliphatic carbocycles. The summed E-state index contributed by atoms with van der Waals surface area (Å²) in [4.78, 5) is 26.6. The van der Waals surface area contributed by atoms with Crippen molar-refractivity contribution in [3.05, 3.63) is 29.3 Å². The van der Waals surface area contributed by atoms with Crippen LogP contribution in [-0.4, -0.2) is 29.8 Å². The van der Waals surface area contributed by atoms with Crippen LogP contribution in [0.25, 0.3) is 0 Å². The van der Waals surface area contributed by atoms with E-state index >= 15 is 0 Å². The molecule has 120 valence electrons. The van der Waals surface area contributed by atoms with Crippen molar-refractivity contribution in [3.63, 3.8) is 0 Å². The zero-order chi connectivity index (χ0) is 16.1. The second-order valence-electron chi connectivity index (χ2n) is 5.74. The van der Waals surface area contributed by atoms with Crippen LogP contribution >= 0.6 is 11.6 Å². The fourth-order valence-electron chi connectivity index (χ4n) is 2.65. The Balaban J connectivity index is 1.92. The summed E-state index contributed by atoms with van der Waals surface area (Å²) in [5.41, 5.74) is 0.603. The third-order valence-electron chi connectivity index (χ3n) is 3.87. The lowest BCUT2D eigenvalue weighted by atomic mass is 10.2. The van der Waals surface area contributed by atoms with Gasteiger partial charge in [-0.1, -0.05) is 37.6 Å². The molecule has 1 N–H and O–H groups in total. The van der Waals surface area contributed by atoms with Gasteiger partial charge in [-0.15, -0.1) is 0 Å². The molecular weight excluding hydrogens is 300 g/mol. The van der Waals surface area contributed by atoms with Gasteiger partial charge in [0.2, 0.25) is 11.8 Å². The lowest BCUT2D eigenvalue weighted by Crippen LogP contribution is -2.34. The van der Waals surface area contributed by atoms with E-state index in [1.165, 1.54) is 0 Å². The third-order valence-corrected chi connectivity index (χ3v) is 4.20. The van der Waals surface area contributed by atoms with Crippen molar-refractivity contribution >= 4 is 29.1 Å². The highest BCUT2D eigenvalue weighted by molar-refractivity contribution is 6.33. The largest absolute Gasteiger partial charge is 0.342 e. The van der Waals surface area contributed by atoms with E-state index in [4.69, 9.17) is 11.6 Å².